The summed E-state index contributed by atoms with van der Waals surface area (Å²) in [6.07, 6.45) is 0. The van der Waals surface area contributed by atoms with E-state index in [0.29, 0.717) is 0 Å². The molecule has 0 amide bonds. The first-order valence-electron chi connectivity index (χ1n) is 2.79. The zero-order valence-corrected chi connectivity index (χ0v) is 5.26. The largest absolute Gasteiger partial charge is 0.192 e. The summed E-state index contributed by atoms with van der Waals surface area (Å²) in [4.78, 5) is 0. The molecule has 0 heterocycles. The lowest BCUT2D eigenvalue weighted by atomic mass is 9.95. The van der Waals surface area contributed by atoms with E-state index in [1.807, 2.05) is 26.0 Å². The van der Waals surface area contributed by atoms with E-state index in [9.17, 15) is 0 Å². The zero-order valence-electron chi connectivity index (χ0n) is 5.26. The molecule has 0 saturated heterocycles. The van der Waals surface area contributed by atoms with E-state index in [1.54, 1.807) is 6.07 Å². The Labute approximate surface area is 55.3 Å². The van der Waals surface area contributed by atoms with Crippen LogP contribution < -0.4 is 5.46 Å². The van der Waals surface area contributed by atoms with Crippen molar-refractivity contribution in [2.45, 2.75) is 0 Å². The van der Waals surface area contributed by atoms with E-state index in [1.165, 1.54) is 0 Å². The molecule has 9 heavy (non-hydrogen) atoms. The third kappa shape index (κ3) is 1.33. The summed E-state index contributed by atoms with van der Waals surface area (Å²) in [6.45, 7) is 0. The number of rotatable bonds is 0. The monoisotopic (exact) mass is 115 g/mol. The van der Waals surface area contributed by atoms with Crippen LogP contribution in [-0.2, 0) is 0 Å². The molecule has 0 saturated carbocycles. The molecule has 0 aliphatic rings. The van der Waals surface area contributed by atoms with E-state index in [-0.39, 0.29) is 0 Å². The Hall–Kier alpha value is -1.23. The highest BCUT2D eigenvalue weighted by Crippen LogP contribution is 1.90. The molecule has 0 atom stereocenters. The molecule has 0 spiro atoms. The molecular weight excluding hydrogens is 109 g/mol. The maximum Gasteiger partial charge on any atom is 0.139 e. The average Bonchev–Trinajstić information content (AvgIpc) is 1.88. The van der Waals surface area contributed by atoms with Gasteiger partial charge in [-0.05, 0) is 6.07 Å². The predicted octanol–water partition coefficient (Wildman–Crippen LogP) is -0.183. The highest BCUT2D eigenvalue weighted by Gasteiger charge is 1.86. The molecule has 1 nitrogen and oxygen atoms in total. The molecule has 0 N–H and O–H groups in total. The Morgan fingerprint density at radius 3 is 2.67 bits per heavy atom. The molecule has 0 aliphatic heterocycles. The van der Waals surface area contributed by atoms with Crippen molar-refractivity contribution >= 4 is 13.3 Å². The zero-order chi connectivity index (χ0) is 6.69. The van der Waals surface area contributed by atoms with Crippen molar-refractivity contribution in [1.29, 1.82) is 5.26 Å². The fourth-order valence-electron chi connectivity index (χ4n) is 0.715. The van der Waals surface area contributed by atoms with E-state index >= 15 is 0 Å². The van der Waals surface area contributed by atoms with Crippen LogP contribution in [0.2, 0.25) is 0 Å². The minimum Gasteiger partial charge on any atom is -0.192 e. The van der Waals surface area contributed by atoms with Gasteiger partial charge in [0, 0.05) is 0 Å². The van der Waals surface area contributed by atoms with Crippen molar-refractivity contribution in [1.82, 2.24) is 0 Å². The van der Waals surface area contributed by atoms with Crippen LogP contribution in [0.5, 0.6) is 0 Å². The molecule has 1 aromatic rings. The van der Waals surface area contributed by atoms with Crippen LogP contribution in [0.1, 0.15) is 5.56 Å². The lowest BCUT2D eigenvalue weighted by Gasteiger charge is -1.88. The highest BCUT2D eigenvalue weighted by molar-refractivity contribution is 6.32. The molecule has 0 aliphatic carbocycles. The van der Waals surface area contributed by atoms with E-state index < -0.39 is 0 Å². The smallest absolute Gasteiger partial charge is 0.139 e. The minimum absolute atomic E-state index is 0.731. The third-order valence-electron chi connectivity index (χ3n) is 1.15. The van der Waals surface area contributed by atoms with E-state index in [0.717, 1.165) is 11.0 Å². The number of benzene rings is 1. The fraction of sp³-hybridized carbons (Fsp3) is 0. The van der Waals surface area contributed by atoms with Gasteiger partial charge in [0.1, 0.15) is 7.85 Å². The normalized spacial score (nSPS) is 8.33. The van der Waals surface area contributed by atoms with E-state index in [4.69, 9.17) is 5.26 Å². The van der Waals surface area contributed by atoms with Gasteiger partial charge >= 0.3 is 0 Å². The van der Waals surface area contributed by atoms with Gasteiger partial charge in [-0.3, -0.25) is 0 Å². The van der Waals surface area contributed by atoms with Crippen LogP contribution in [-0.4, -0.2) is 7.85 Å². The van der Waals surface area contributed by atoms with E-state index in [2.05, 4.69) is 6.07 Å². The topological polar surface area (TPSA) is 23.8 Å². The third-order valence-corrected chi connectivity index (χ3v) is 1.15. The first-order chi connectivity index (χ1) is 4.33. The molecule has 0 radical (unpaired) electrons. The van der Waals surface area contributed by atoms with Gasteiger partial charge in [-0.1, -0.05) is 23.7 Å². The van der Waals surface area contributed by atoms with Crippen LogP contribution in [0.3, 0.4) is 0 Å². The summed E-state index contributed by atoms with van der Waals surface area (Å²) in [5.74, 6) is 0. The summed E-state index contributed by atoms with van der Waals surface area (Å²) < 4.78 is 0. The van der Waals surface area contributed by atoms with Crippen molar-refractivity contribution in [2.75, 3.05) is 0 Å². The Balaban J connectivity index is 3.12. The molecule has 2 heteroatoms. The maximum atomic E-state index is 8.41. The fourth-order valence-corrected chi connectivity index (χ4v) is 0.715. The Kier molecular flexibility index (Phi) is 1.55. The highest BCUT2D eigenvalue weighted by atomic mass is 14.2. The molecule has 42 valence electrons. The molecule has 0 bridgehead atoms. The van der Waals surface area contributed by atoms with Gasteiger partial charge in [0.2, 0.25) is 0 Å². The second kappa shape index (κ2) is 2.36. The summed E-state index contributed by atoms with van der Waals surface area (Å²) in [7, 11) is 1.97. The van der Waals surface area contributed by atoms with Crippen LogP contribution in [0.4, 0.5) is 0 Å². The Morgan fingerprint density at radius 1 is 1.44 bits per heavy atom. The van der Waals surface area contributed by atoms with Gasteiger partial charge in [0.05, 0.1) is 11.6 Å². The number of hydrogen-bond acceptors (Lipinski definition) is 1. The molecule has 1 aromatic carbocycles. The van der Waals surface area contributed by atoms with Crippen molar-refractivity contribution in [3.05, 3.63) is 29.8 Å². The van der Waals surface area contributed by atoms with Gasteiger partial charge in [-0.2, -0.15) is 5.26 Å². The van der Waals surface area contributed by atoms with Crippen molar-refractivity contribution in [3.8, 4) is 6.07 Å². The molecule has 0 fully saturated rings. The second-order valence-electron chi connectivity index (χ2n) is 1.98. The van der Waals surface area contributed by atoms with Crippen molar-refractivity contribution < 1.29 is 0 Å². The molecule has 0 aromatic heterocycles. The van der Waals surface area contributed by atoms with Gasteiger partial charge in [0.15, 0.2) is 0 Å². The molecular formula is C7H6BN. The van der Waals surface area contributed by atoms with Crippen LogP contribution in [0.15, 0.2) is 24.3 Å². The van der Waals surface area contributed by atoms with Crippen molar-refractivity contribution in [3.63, 3.8) is 0 Å². The summed E-state index contributed by atoms with van der Waals surface area (Å²) >= 11 is 0. The Morgan fingerprint density at radius 2 is 2.22 bits per heavy atom. The lowest BCUT2D eigenvalue weighted by molar-refractivity contribution is 1.49. The van der Waals surface area contributed by atoms with Gasteiger partial charge in [0.25, 0.3) is 0 Å². The average molecular weight is 115 g/mol. The number of nitriles is 1. The lowest BCUT2D eigenvalue weighted by Crippen LogP contribution is -2.00. The number of hydrogen-bond donors (Lipinski definition) is 0. The second-order valence-corrected chi connectivity index (χ2v) is 1.98. The van der Waals surface area contributed by atoms with Crippen LogP contribution in [0, 0.1) is 11.3 Å². The van der Waals surface area contributed by atoms with Gasteiger partial charge in [-0.25, -0.2) is 0 Å². The first-order valence-corrected chi connectivity index (χ1v) is 2.79. The minimum atomic E-state index is 0.731. The summed E-state index contributed by atoms with van der Waals surface area (Å²) in [5, 5.41) is 8.41. The van der Waals surface area contributed by atoms with Gasteiger partial charge < -0.3 is 0 Å². The molecule has 1 rings (SSSR count). The predicted molar refractivity (Wildman–Crippen MR) is 39.3 cm³/mol. The summed E-state index contributed by atoms with van der Waals surface area (Å²) in [6, 6.07) is 9.58. The first kappa shape index (κ1) is 5.90. The maximum absolute atomic E-state index is 8.41. The van der Waals surface area contributed by atoms with Crippen LogP contribution in [0.25, 0.3) is 0 Å². The van der Waals surface area contributed by atoms with Gasteiger partial charge in [-0.15, -0.1) is 0 Å². The van der Waals surface area contributed by atoms with Crippen LogP contribution >= 0.6 is 0 Å². The standard InChI is InChI=1S/C7H6BN/c8-7-3-1-2-6(4-7)5-9/h1-4H,8H2. The quantitative estimate of drug-likeness (QED) is 0.430. The summed E-state index contributed by atoms with van der Waals surface area (Å²) in [5.41, 5.74) is 1.86. The number of nitrogens with zero attached hydrogens (tertiary/aromatic N) is 1. The molecule has 0 unspecified atom stereocenters. The SMILES string of the molecule is Bc1cccc(C#N)c1. The van der Waals surface area contributed by atoms with Crippen molar-refractivity contribution in [2.24, 2.45) is 0 Å². The Bertz CT molecular complexity index is 249.